The van der Waals surface area contributed by atoms with Crippen LogP contribution in [0.25, 0.3) is 5.57 Å². The SMILES string of the molecule is CCOC(C)N1C(=O)C(c2c(C)cccc2C)=C(O)C1(C)C. The zero-order valence-corrected chi connectivity index (χ0v) is 14.2. The first-order valence-corrected chi connectivity index (χ1v) is 7.69. The number of aryl methyl sites for hydroxylation is 2. The first-order valence-electron chi connectivity index (χ1n) is 7.69. The molecule has 1 aromatic carbocycles. The topological polar surface area (TPSA) is 49.8 Å². The number of hydrogen-bond acceptors (Lipinski definition) is 3. The van der Waals surface area contributed by atoms with E-state index in [0.29, 0.717) is 12.2 Å². The average molecular weight is 303 g/mol. The molecule has 0 spiro atoms. The molecule has 0 bridgehead atoms. The highest BCUT2D eigenvalue weighted by Crippen LogP contribution is 2.41. The van der Waals surface area contributed by atoms with Crippen molar-refractivity contribution in [1.82, 2.24) is 4.90 Å². The molecule has 1 aromatic rings. The normalized spacial score (nSPS) is 19.0. The van der Waals surface area contributed by atoms with E-state index in [0.717, 1.165) is 16.7 Å². The second-order valence-corrected chi connectivity index (χ2v) is 6.28. The summed E-state index contributed by atoms with van der Waals surface area (Å²) < 4.78 is 5.59. The first kappa shape index (κ1) is 16.6. The number of hydrogen-bond donors (Lipinski definition) is 1. The maximum Gasteiger partial charge on any atom is 0.260 e. The molecule has 0 saturated carbocycles. The molecule has 0 fully saturated rings. The van der Waals surface area contributed by atoms with Gasteiger partial charge in [0.15, 0.2) is 0 Å². The number of aliphatic hydroxyl groups excluding tert-OH is 1. The van der Waals surface area contributed by atoms with Gasteiger partial charge in [-0.25, -0.2) is 0 Å². The zero-order chi connectivity index (χ0) is 16.7. The highest BCUT2D eigenvalue weighted by molar-refractivity contribution is 6.23. The van der Waals surface area contributed by atoms with Crippen LogP contribution in [0.5, 0.6) is 0 Å². The quantitative estimate of drug-likeness (QED) is 0.925. The van der Waals surface area contributed by atoms with Crippen molar-refractivity contribution in [2.45, 2.75) is 53.3 Å². The number of carbonyl (C=O) groups is 1. The molecule has 0 saturated heterocycles. The molecule has 2 rings (SSSR count). The highest BCUT2D eigenvalue weighted by Gasteiger charge is 2.48. The molecule has 1 aliphatic rings. The van der Waals surface area contributed by atoms with Gasteiger partial charge in [0.05, 0.1) is 11.1 Å². The Kier molecular flexibility index (Phi) is 4.34. The van der Waals surface area contributed by atoms with Crippen molar-refractivity contribution in [2.75, 3.05) is 6.61 Å². The van der Waals surface area contributed by atoms with Crippen LogP contribution in [-0.2, 0) is 9.53 Å². The number of aliphatic hydroxyl groups is 1. The van der Waals surface area contributed by atoms with Crippen LogP contribution in [0, 0.1) is 13.8 Å². The molecule has 1 aliphatic heterocycles. The Morgan fingerprint density at radius 3 is 2.32 bits per heavy atom. The third kappa shape index (κ3) is 2.41. The van der Waals surface area contributed by atoms with E-state index in [-0.39, 0.29) is 11.7 Å². The smallest absolute Gasteiger partial charge is 0.260 e. The fourth-order valence-corrected chi connectivity index (χ4v) is 3.27. The number of amides is 1. The minimum Gasteiger partial charge on any atom is -0.509 e. The Morgan fingerprint density at radius 2 is 1.82 bits per heavy atom. The van der Waals surface area contributed by atoms with Gasteiger partial charge in [-0.15, -0.1) is 0 Å². The van der Waals surface area contributed by atoms with Crippen molar-refractivity contribution in [2.24, 2.45) is 0 Å². The molecular formula is C18H25NO3. The molecule has 22 heavy (non-hydrogen) atoms. The maximum absolute atomic E-state index is 13.0. The van der Waals surface area contributed by atoms with Gasteiger partial charge in [0.2, 0.25) is 0 Å². The molecule has 0 aliphatic carbocycles. The van der Waals surface area contributed by atoms with Crippen LogP contribution >= 0.6 is 0 Å². The summed E-state index contributed by atoms with van der Waals surface area (Å²) in [5.74, 6) is -0.0673. The number of rotatable bonds is 4. The van der Waals surface area contributed by atoms with Gasteiger partial charge >= 0.3 is 0 Å². The lowest BCUT2D eigenvalue weighted by molar-refractivity contribution is -0.144. The molecular weight excluding hydrogens is 278 g/mol. The van der Waals surface area contributed by atoms with Crippen LogP contribution in [-0.4, -0.2) is 34.3 Å². The van der Waals surface area contributed by atoms with E-state index in [9.17, 15) is 9.90 Å². The fraction of sp³-hybridized carbons (Fsp3) is 0.500. The van der Waals surface area contributed by atoms with Crippen molar-refractivity contribution in [3.63, 3.8) is 0 Å². The van der Waals surface area contributed by atoms with Crippen molar-refractivity contribution < 1.29 is 14.6 Å². The molecule has 0 radical (unpaired) electrons. The molecule has 1 unspecified atom stereocenters. The Morgan fingerprint density at radius 1 is 1.27 bits per heavy atom. The average Bonchev–Trinajstić information content (AvgIpc) is 2.58. The largest absolute Gasteiger partial charge is 0.509 e. The summed E-state index contributed by atoms with van der Waals surface area (Å²) in [4.78, 5) is 14.6. The zero-order valence-electron chi connectivity index (χ0n) is 14.2. The van der Waals surface area contributed by atoms with Crippen molar-refractivity contribution in [1.29, 1.82) is 0 Å². The monoisotopic (exact) mass is 303 g/mol. The van der Waals surface area contributed by atoms with E-state index >= 15 is 0 Å². The molecule has 1 N–H and O–H groups in total. The fourth-order valence-electron chi connectivity index (χ4n) is 3.27. The summed E-state index contributed by atoms with van der Waals surface area (Å²) in [6.45, 7) is 11.8. The molecule has 4 nitrogen and oxygen atoms in total. The van der Waals surface area contributed by atoms with Gasteiger partial charge < -0.3 is 14.7 Å². The molecule has 4 heteroatoms. The van der Waals surface area contributed by atoms with Gasteiger partial charge in [0, 0.05) is 6.61 Å². The third-order valence-corrected chi connectivity index (χ3v) is 4.35. The molecule has 1 atom stereocenters. The second-order valence-electron chi connectivity index (χ2n) is 6.28. The minimum atomic E-state index is -0.782. The minimum absolute atomic E-state index is 0.112. The van der Waals surface area contributed by atoms with Gasteiger partial charge in [-0.2, -0.15) is 0 Å². The molecule has 0 aromatic heterocycles. The van der Waals surface area contributed by atoms with Gasteiger partial charge in [-0.1, -0.05) is 18.2 Å². The van der Waals surface area contributed by atoms with Crippen molar-refractivity contribution in [3.8, 4) is 0 Å². The number of ether oxygens (including phenoxy) is 1. The van der Waals surface area contributed by atoms with E-state index in [1.807, 2.05) is 59.7 Å². The summed E-state index contributed by atoms with van der Waals surface area (Å²) in [5, 5.41) is 10.7. The van der Waals surface area contributed by atoms with Crippen LogP contribution in [0.3, 0.4) is 0 Å². The van der Waals surface area contributed by atoms with Gasteiger partial charge in [-0.05, 0) is 58.2 Å². The predicted octanol–water partition coefficient (Wildman–Crippen LogP) is 3.58. The Bertz CT molecular complexity index is 611. The molecule has 1 heterocycles. The Balaban J connectivity index is 2.58. The number of benzene rings is 1. The van der Waals surface area contributed by atoms with E-state index in [2.05, 4.69) is 0 Å². The summed E-state index contributed by atoms with van der Waals surface area (Å²) in [5.41, 5.74) is 2.40. The lowest BCUT2D eigenvalue weighted by Crippen LogP contribution is -2.49. The van der Waals surface area contributed by atoms with E-state index in [4.69, 9.17) is 4.74 Å². The van der Waals surface area contributed by atoms with Crippen LogP contribution in [0.4, 0.5) is 0 Å². The third-order valence-electron chi connectivity index (χ3n) is 4.35. The Hall–Kier alpha value is -1.81. The lowest BCUT2D eigenvalue weighted by atomic mass is 9.93. The van der Waals surface area contributed by atoms with Gasteiger partial charge in [0.1, 0.15) is 12.0 Å². The second kappa shape index (κ2) is 5.76. The lowest BCUT2D eigenvalue weighted by Gasteiger charge is -2.36. The van der Waals surface area contributed by atoms with Crippen LogP contribution in [0.15, 0.2) is 24.0 Å². The van der Waals surface area contributed by atoms with Gasteiger partial charge in [0.25, 0.3) is 5.91 Å². The summed E-state index contributed by atoms with van der Waals surface area (Å²) in [6.07, 6.45) is -0.392. The first-order chi connectivity index (χ1) is 10.2. The molecule has 120 valence electrons. The standard InChI is InChI=1S/C18H25NO3/c1-7-22-13(4)19-17(21)15(16(20)18(19,5)6)14-11(2)9-8-10-12(14)3/h8-10,13,20H,7H2,1-6H3. The van der Waals surface area contributed by atoms with E-state index in [1.54, 1.807) is 4.90 Å². The molecule has 1 amide bonds. The van der Waals surface area contributed by atoms with E-state index < -0.39 is 11.8 Å². The summed E-state index contributed by atoms with van der Waals surface area (Å²) in [7, 11) is 0. The predicted molar refractivity (Wildman–Crippen MR) is 87.5 cm³/mol. The summed E-state index contributed by atoms with van der Waals surface area (Å²) >= 11 is 0. The number of nitrogens with zero attached hydrogens (tertiary/aromatic N) is 1. The highest BCUT2D eigenvalue weighted by atomic mass is 16.5. The van der Waals surface area contributed by atoms with E-state index in [1.165, 1.54) is 0 Å². The van der Waals surface area contributed by atoms with Crippen molar-refractivity contribution >= 4 is 11.5 Å². The van der Waals surface area contributed by atoms with Crippen LogP contribution < -0.4 is 0 Å². The number of carbonyl (C=O) groups excluding carboxylic acids is 1. The van der Waals surface area contributed by atoms with Gasteiger partial charge in [-0.3, -0.25) is 4.79 Å². The Labute approximate surface area is 132 Å². The van der Waals surface area contributed by atoms with Crippen LogP contribution in [0.2, 0.25) is 0 Å². The van der Waals surface area contributed by atoms with Crippen LogP contribution in [0.1, 0.15) is 44.4 Å². The van der Waals surface area contributed by atoms with Crippen molar-refractivity contribution in [3.05, 3.63) is 40.6 Å². The summed E-state index contributed by atoms with van der Waals surface area (Å²) in [6, 6.07) is 5.87. The maximum atomic E-state index is 13.0.